The molecule has 1 aromatic heterocycles. The molecule has 0 spiro atoms. The van der Waals surface area contributed by atoms with Crippen molar-refractivity contribution in [3.8, 4) is 0 Å². The number of aliphatic hydroxyl groups is 1. The summed E-state index contributed by atoms with van der Waals surface area (Å²) in [6.45, 7) is 7.63. The summed E-state index contributed by atoms with van der Waals surface area (Å²) in [5.74, 6) is 0.670. The Morgan fingerprint density at radius 1 is 1.16 bits per heavy atom. The molecule has 0 fully saturated rings. The molecule has 32 heavy (non-hydrogen) atoms. The van der Waals surface area contributed by atoms with E-state index >= 15 is 0 Å². The quantitative estimate of drug-likeness (QED) is 0.502. The van der Waals surface area contributed by atoms with Crippen molar-refractivity contribution in [3.05, 3.63) is 81.4 Å². The predicted molar refractivity (Wildman–Crippen MR) is 128 cm³/mol. The van der Waals surface area contributed by atoms with Crippen molar-refractivity contribution in [2.24, 2.45) is 0 Å². The Hall–Kier alpha value is -3.03. The number of allylic oxidation sites excluding steroid dienone is 1. The molecule has 166 valence electrons. The van der Waals surface area contributed by atoms with E-state index in [-0.39, 0.29) is 18.1 Å². The van der Waals surface area contributed by atoms with E-state index < -0.39 is 0 Å². The zero-order chi connectivity index (χ0) is 23.3. The fourth-order valence-electron chi connectivity index (χ4n) is 3.61. The van der Waals surface area contributed by atoms with Gasteiger partial charge in [-0.2, -0.15) is 0 Å². The molecular weight excluding hydrogens is 422 g/mol. The fraction of sp³-hybridized carbons (Fsp3) is 0.280. The maximum atomic E-state index is 13.3. The van der Waals surface area contributed by atoms with Crippen LogP contribution in [0.3, 0.4) is 0 Å². The van der Waals surface area contributed by atoms with Crippen LogP contribution in [0.5, 0.6) is 0 Å². The first-order valence-corrected chi connectivity index (χ1v) is 11.2. The van der Waals surface area contributed by atoms with Crippen LogP contribution in [0.2, 0.25) is 0 Å². The van der Waals surface area contributed by atoms with E-state index in [1.54, 1.807) is 13.1 Å². The molecule has 3 aromatic rings. The number of rotatable bonds is 8. The molecule has 1 heterocycles. The SMILES string of the molecule is C/C(=C(\CCO)SC(=O)c1cccc2cccc(C)c12)N(C=O)Cc1cnc(C)nc1C. The van der Waals surface area contributed by atoms with Gasteiger partial charge >= 0.3 is 0 Å². The second-order valence-corrected chi connectivity index (χ2v) is 8.68. The highest BCUT2D eigenvalue weighted by atomic mass is 32.2. The molecule has 2 aromatic carbocycles. The molecule has 0 bridgehead atoms. The van der Waals surface area contributed by atoms with Crippen LogP contribution in [-0.2, 0) is 11.3 Å². The number of fused-ring (bicyclic) bond motifs is 1. The number of aryl methyl sites for hydroxylation is 3. The molecule has 6 nitrogen and oxygen atoms in total. The molecule has 3 rings (SSSR count). The van der Waals surface area contributed by atoms with E-state index in [0.717, 1.165) is 45.8 Å². The Morgan fingerprint density at radius 3 is 2.53 bits per heavy atom. The minimum Gasteiger partial charge on any atom is -0.396 e. The van der Waals surface area contributed by atoms with Crippen molar-refractivity contribution in [2.45, 2.75) is 40.7 Å². The van der Waals surface area contributed by atoms with E-state index in [4.69, 9.17) is 0 Å². The van der Waals surface area contributed by atoms with Crippen molar-refractivity contribution < 1.29 is 14.7 Å². The second-order valence-electron chi connectivity index (χ2n) is 7.61. The molecule has 0 atom stereocenters. The third kappa shape index (κ3) is 5.23. The summed E-state index contributed by atoms with van der Waals surface area (Å²) in [5.41, 5.74) is 3.90. The van der Waals surface area contributed by atoms with Gasteiger partial charge in [0.2, 0.25) is 11.5 Å². The van der Waals surface area contributed by atoms with Gasteiger partial charge in [0.1, 0.15) is 5.82 Å². The van der Waals surface area contributed by atoms with Crippen molar-refractivity contribution in [1.82, 2.24) is 14.9 Å². The van der Waals surface area contributed by atoms with E-state index in [2.05, 4.69) is 9.97 Å². The first-order valence-electron chi connectivity index (χ1n) is 10.4. The summed E-state index contributed by atoms with van der Waals surface area (Å²) in [4.78, 5) is 36.0. The summed E-state index contributed by atoms with van der Waals surface area (Å²) in [6.07, 6.45) is 2.73. The standard InChI is InChI=1S/C25H27N3O3S/c1-16-7-5-8-20-9-6-10-22(24(16)20)25(31)32-23(11-12-29)18(3)28(15-30)14-21-13-26-19(4)27-17(21)2/h5-10,13,15,29H,11-12,14H2,1-4H3/b23-18-. The Balaban J connectivity index is 1.93. The lowest BCUT2D eigenvalue weighted by molar-refractivity contribution is -0.116. The fourth-order valence-corrected chi connectivity index (χ4v) is 4.58. The monoisotopic (exact) mass is 449 g/mol. The number of amides is 1. The number of nitrogens with zero attached hydrogens (tertiary/aromatic N) is 3. The third-order valence-corrected chi connectivity index (χ3v) is 6.54. The van der Waals surface area contributed by atoms with Crippen molar-refractivity contribution in [2.75, 3.05) is 6.61 Å². The molecule has 0 aliphatic carbocycles. The number of aromatic nitrogens is 2. The molecule has 1 N–H and O–H groups in total. The topological polar surface area (TPSA) is 83.4 Å². The number of hydrogen-bond donors (Lipinski definition) is 1. The van der Waals surface area contributed by atoms with Crippen LogP contribution >= 0.6 is 11.8 Å². The summed E-state index contributed by atoms with van der Waals surface area (Å²) >= 11 is 1.06. The molecular formula is C25H27N3O3S. The number of carbonyl (C=O) groups excluding carboxylic acids is 2. The first-order chi connectivity index (χ1) is 15.3. The minimum atomic E-state index is -0.124. The predicted octanol–water partition coefficient (Wildman–Crippen LogP) is 4.70. The average molecular weight is 450 g/mol. The van der Waals surface area contributed by atoms with E-state index in [1.807, 2.05) is 57.2 Å². The third-order valence-electron chi connectivity index (χ3n) is 5.39. The van der Waals surface area contributed by atoms with Gasteiger partial charge in [-0.15, -0.1) is 0 Å². The lowest BCUT2D eigenvalue weighted by atomic mass is 10.0. The van der Waals surface area contributed by atoms with Gasteiger partial charge in [0.25, 0.3) is 0 Å². The number of thioether (sulfide) groups is 1. The van der Waals surface area contributed by atoms with Crippen molar-refractivity contribution >= 4 is 34.1 Å². The summed E-state index contributed by atoms with van der Waals surface area (Å²) < 4.78 is 0. The molecule has 7 heteroatoms. The Bertz CT molecular complexity index is 1190. The Morgan fingerprint density at radius 2 is 1.88 bits per heavy atom. The van der Waals surface area contributed by atoms with Crippen LogP contribution in [0.4, 0.5) is 0 Å². The number of benzene rings is 2. The van der Waals surface area contributed by atoms with Gasteiger partial charge < -0.3 is 10.0 Å². The number of carbonyl (C=O) groups is 2. The van der Waals surface area contributed by atoms with Crippen molar-refractivity contribution in [3.63, 3.8) is 0 Å². The summed E-state index contributed by atoms with van der Waals surface area (Å²) in [5, 5.41) is 11.4. The highest BCUT2D eigenvalue weighted by Gasteiger charge is 2.19. The zero-order valence-electron chi connectivity index (χ0n) is 18.8. The van der Waals surface area contributed by atoms with Gasteiger partial charge in [-0.25, -0.2) is 9.97 Å². The molecule has 0 aliphatic heterocycles. The maximum absolute atomic E-state index is 13.3. The molecule has 1 amide bonds. The van der Waals surface area contributed by atoms with Crippen LogP contribution < -0.4 is 0 Å². The van der Waals surface area contributed by atoms with Crippen LogP contribution in [0.1, 0.15) is 46.3 Å². The van der Waals surface area contributed by atoms with Gasteiger partial charge in [0.15, 0.2) is 0 Å². The average Bonchev–Trinajstić information content (AvgIpc) is 2.77. The molecule has 0 aliphatic rings. The van der Waals surface area contributed by atoms with Gasteiger partial charge in [-0.3, -0.25) is 9.59 Å². The number of aliphatic hydroxyl groups excluding tert-OH is 1. The van der Waals surface area contributed by atoms with Gasteiger partial charge in [0, 0.05) is 46.6 Å². The Kier molecular flexibility index (Phi) is 7.77. The van der Waals surface area contributed by atoms with E-state index in [1.165, 1.54) is 4.90 Å². The zero-order valence-corrected chi connectivity index (χ0v) is 19.6. The van der Waals surface area contributed by atoms with Crippen LogP contribution in [-0.4, -0.2) is 38.1 Å². The lowest BCUT2D eigenvalue weighted by Crippen LogP contribution is -2.22. The van der Waals surface area contributed by atoms with Gasteiger partial charge in [-0.05, 0) is 61.9 Å². The first kappa shape index (κ1) is 23.6. The van der Waals surface area contributed by atoms with Gasteiger partial charge in [0.05, 0.1) is 6.54 Å². The maximum Gasteiger partial charge on any atom is 0.224 e. The number of hydrogen-bond acceptors (Lipinski definition) is 6. The van der Waals surface area contributed by atoms with Crippen LogP contribution in [0.25, 0.3) is 10.8 Å². The minimum absolute atomic E-state index is 0.117. The normalized spacial score (nSPS) is 11.9. The Labute approximate surface area is 192 Å². The molecule has 0 saturated heterocycles. The molecule has 0 saturated carbocycles. The lowest BCUT2D eigenvalue weighted by Gasteiger charge is -2.22. The van der Waals surface area contributed by atoms with E-state index in [0.29, 0.717) is 28.5 Å². The van der Waals surface area contributed by atoms with E-state index in [9.17, 15) is 14.7 Å². The summed E-state index contributed by atoms with van der Waals surface area (Å²) in [6, 6.07) is 11.6. The second kappa shape index (κ2) is 10.5. The highest BCUT2D eigenvalue weighted by Crippen LogP contribution is 2.32. The largest absolute Gasteiger partial charge is 0.396 e. The van der Waals surface area contributed by atoms with Crippen molar-refractivity contribution in [1.29, 1.82) is 0 Å². The van der Waals surface area contributed by atoms with Gasteiger partial charge in [-0.1, -0.05) is 30.3 Å². The summed E-state index contributed by atoms with van der Waals surface area (Å²) in [7, 11) is 0. The molecule has 0 unspecified atom stereocenters. The van der Waals surface area contributed by atoms with Crippen LogP contribution in [0, 0.1) is 20.8 Å². The van der Waals surface area contributed by atoms with Crippen LogP contribution in [0.15, 0.2) is 53.2 Å². The molecule has 0 radical (unpaired) electrons. The smallest absolute Gasteiger partial charge is 0.224 e. The highest BCUT2D eigenvalue weighted by molar-refractivity contribution is 8.17.